The number of carbonyl (C=O) groups excluding carboxylic acids is 3. The second-order valence-electron chi connectivity index (χ2n) is 17.8. The summed E-state index contributed by atoms with van der Waals surface area (Å²) in [5.74, 6) is -10.2. The van der Waals surface area contributed by atoms with E-state index in [1.807, 2.05) is 0 Å². The van der Waals surface area contributed by atoms with E-state index in [1.54, 1.807) is 6.92 Å². The number of carbonyl (C=O) groups is 3. The SMILES string of the molecule is C=C[C@H]1[C@H](O[C@@H]2O[C@H](CO)[C@@H](O)[C@H](O)[C@H]2O)OC=C(C(=O)OC[C@@H]2[C@@H](C)[C@@H](OC(=O)C3=CO[C@@H](O[C@@H]4O[C@H](CO)[C@@H](O)[C@H](O)[C@H]4O)[C@H](C=C)[C@@H]3C[C@H](O)OC)C[C@@H]2[C@H](CO)C(=O)OC)[C@H]1C[C@@H](O)OC. The average molecular weight is 1010 g/mol. The molecule has 0 bridgehead atoms. The van der Waals surface area contributed by atoms with Gasteiger partial charge in [-0.1, -0.05) is 19.1 Å². The molecule has 2 saturated heterocycles. The topological polar surface area (TPSA) is 375 Å². The van der Waals surface area contributed by atoms with Gasteiger partial charge < -0.3 is 108 Å². The zero-order valence-electron chi connectivity index (χ0n) is 39.1. The Bertz CT molecular complexity index is 1810. The van der Waals surface area contributed by atoms with Crippen molar-refractivity contribution >= 4 is 17.9 Å². The number of hydrogen-bond donors (Lipinski definition) is 11. The fourth-order valence-corrected chi connectivity index (χ4v) is 9.66. The molecular formula is C45H68O25. The summed E-state index contributed by atoms with van der Waals surface area (Å²) in [7, 11) is 3.57. The number of rotatable bonds is 22. The summed E-state index contributed by atoms with van der Waals surface area (Å²) in [6.45, 7) is 6.73. The van der Waals surface area contributed by atoms with Gasteiger partial charge in [0.25, 0.3) is 0 Å². The van der Waals surface area contributed by atoms with Gasteiger partial charge in [-0.05, 0) is 18.3 Å². The average Bonchev–Trinajstić information content (AvgIpc) is 3.65. The highest BCUT2D eigenvalue weighted by Crippen LogP contribution is 2.46. The first kappa shape index (κ1) is 57.2. The predicted octanol–water partition coefficient (Wildman–Crippen LogP) is -3.84. The van der Waals surface area contributed by atoms with Crippen LogP contribution in [-0.4, -0.2) is 215 Å². The zero-order valence-corrected chi connectivity index (χ0v) is 39.1. The molecule has 70 heavy (non-hydrogen) atoms. The van der Waals surface area contributed by atoms with Crippen LogP contribution in [0.2, 0.25) is 0 Å². The summed E-state index contributed by atoms with van der Waals surface area (Å²) in [5.41, 5.74) is -0.260. The molecule has 0 radical (unpaired) electrons. The molecule has 5 aliphatic rings. The molecule has 25 nitrogen and oxygen atoms in total. The van der Waals surface area contributed by atoms with E-state index >= 15 is 0 Å². The van der Waals surface area contributed by atoms with Crippen molar-refractivity contribution in [2.45, 2.75) is 119 Å². The molecule has 4 aliphatic heterocycles. The number of aliphatic hydroxyl groups excluding tert-OH is 11. The zero-order chi connectivity index (χ0) is 51.7. The van der Waals surface area contributed by atoms with E-state index in [-0.39, 0.29) is 30.4 Å². The van der Waals surface area contributed by atoms with Gasteiger partial charge in [-0.25, -0.2) is 9.59 Å². The van der Waals surface area contributed by atoms with Crippen LogP contribution in [0.3, 0.4) is 0 Å². The van der Waals surface area contributed by atoms with E-state index in [4.69, 9.17) is 52.1 Å². The number of methoxy groups -OCH3 is 3. The van der Waals surface area contributed by atoms with Crippen LogP contribution in [0.5, 0.6) is 0 Å². The molecule has 0 amide bonds. The van der Waals surface area contributed by atoms with Crippen LogP contribution in [0.15, 0.2) is 49.0 Å². The van der Waals surface area contributed by atoms with Crippen LogP contribution >= 0.6 is 0 Å². The quantitative estimate of drug-likeness (QED) is 0.0214. The minimum absolute atomic E-state index is 0.0490. The van der Waals surface area contributed by atoms with Crippen molar-refractivity contribution < 1.29 is 123 Å². The summed E-state index contributed by atoms with van der Waals surface area (Å²) < 4.78 is 61.3. The lowest BCUT2D eigenvalue weighted by molar-refractivity contribution is -0.339. The van der Waals surface area contributed by atoms with Crippen molar-refractivity contribution in [1.82, 2.24) is 0 Å². The molecule has 0 unspecified atom stereocenters. The molecule has 0 aromatic carbocycles. The molecule has 3 fully saturated rings. The molecule has 398 valence electrons. The number of aliphatic hydroxyl groups is 11. The molecule has 11 N–H and O–H groups in total. The van der Waals surface area contributed by atoms with Crippen molar-refractivity contribution in [1.29, 1.82) is 0 Å². The summed E-state index contributed by atoms with van der Waals surface area (Å²) in [6.07, 6.45) is -18.9. The number of ether oxygens (including phenoxy) is 11. The van der Waals surface area contributed by atoms with E-state index in [0.29, 0.717) is 0 Å². The maximum atomic E-state index is 14.2. The Morgan fingerprint density at radius 3 is 1.56 bits per heavy atom. The second-order valence-corrected chi connectivity index (χ2v) is 17.8. The van der Waals surface area contributed by atoms with Gasteiger partial charge in [-0.2, -0.15) is 0 Å². The lowest BCUT2D eigenvalue weighted by Gasteiger charge is -2.43. The largest absolute Gasteiger partial charge is 0.471 e. The first-order valence-electron chi connectivity index (χ1n) is 22.7. The van der Waals surface area contributed by atoms with Crippen LogP contribution in [-0.2, 0) is 66.5 Å². The molecule has 5 rings (SSSR count). The van der Waals surface area contributed by atoms with Crippen LogP contribution < -0.4 is 0 Å². The van der Waals surface area contributed by atoms with Crippen LogP contribution in [0.1, 0.15) is 26.2 Å². The van der Waals surface area contributed by atoms with E-state index < -0.39 is 184 Å². The van der Waals surface area contributed by atoms with Crippen molar-refractivity contribution in [3.05, 3.63) is 49.0 Å². The maximum Gasteiger partial charge on any atom is 0.337 e. The highest BCUT2D eigenvalue weighted by atomic mass is 16.8. The summed E-state index contributed by atoms with van der Waals surface area (Å²) in [5, 5.41) is 113. The molecule has 0 spiro atoms. The van der Waals surface area contributed by atoms with E-state index in [2.05, 4.69) is 13.2 Å². The third kappa shape index (κ3) is 12.5. The van der Waals surface area contributed by atoms with Crippen molar-refractivity contribution in [2.75, 3.05) is 47.8 Å². The molecule has 1 aliphatic carbocycles. The molecular weight excluding hydrogens is 940 g/mol. The first-order valence-corrected chi connectivity index (χ1v) is 22.7. The Morgan fingerprint density at radius 2 is 1.16 bits per heavy atom. The minimum Gasteiger partial charge on any atom is -0.471 e. The van der Waals surface area contributed by atoms with E-state index in [0.717, 1.165) is 19.6 Å². The molecule has 0 aromatic rings. The Hall–Kier alpha value is -3.71. The Labute approximate surface area is 402 Å². The van der Waals surface area contributed by atoms with Gasteiger partial charge in [0.05, 0.1) is 63.1 Å². The van der Waals surface area contributed by atoms with E-state index in [1.165, 1.54) is 26.4 Å². The van der Waals surface area contributed by atoms with Gasteiger partial charge >= 0.3 is 17.9 Å². The van der Waals surface area contributed by atoms with Gasteiger partial charge in [0, 0.05) is 56.7 Å². The van der Waals surface area contributed by atoms with Gasteiger partial charge in [0.15, 0.2) is 25.2 Å². The lowest BCUT2D eigenvalue weighted by Crippen LogP contribution is -2.60. The fourth-order valence-electron chi connectivity index (χ4n) is 9.66. The standard InChI is InChI=1S/C45H68O25/c1-7-19-22(10-31(49)60-4)26(16-64-42(19)69-44-37(55)35(53)33(51)29(13-47)67-44)40(58)63-15-25-18(3)28(9-21(25)24(12-46)39(57)62-6)66-41(59)27-17-65-43(20(8-2)23(27)11-32(50)61-5)70-45-38(56)36(54)34(52)30(14-48)68-45/h7-8,16-25,28-38,42-56H,1-2,9-15H2,3-6H3/t18-,19-,20-,21-,22+,23+,24+,25-,28+,29-,30-,31+,32-,33-,34-,35+,36+,37-,38-,42+,43+,44+,45+/m1/s1. The highest BCUT2D eigenvalue weighted by Gasteiger charge is 2.53. The van der Waals surface area contributed by atoms with Crippen LogP contribution in [0, 0.1) is 47.3 Å². The van der Waals surface area contributed by atoms with Gasteiger partial charge in [0.1, 0.15) is 54.9 Å². The summed E-state index contributed by atoms with van der Waals surface area (Å²) >= 11 is 0. The fraction of sp³-hybridized carbons (Fsp3) is 0.756. The predicted molar refractivity (Wildman–Crippen MR) is 229 cm³/mol. The first-order chi connectivity index (χ1) is 33.3. The van der Waals surface area contributed by atoms with Crippen molar-refractivity contribution in [3.8, 4) is 0 Å². The Morgan fingerprint density at radius 1 is 0.700 bits per heavy atom. The van der Waals surface area contributed by atoms with Gasteiger partial charge in [0.2, 0.25) is 12.6 Å². The van der Waals surface area contributed by atoms with Crippen molar-refractivity contribution in [2.24, 2.45) is 47.3 Å². The molecule has 23 atom stereocenters. The Kier molecular flexibility index (Phi) is 21.1. The summed E-state index contributed by atoms with van der Waals surface area (Å²) in [4.78, 5) is 41.4. The van der Waals surface area contributed by atoms with Crippen LogP contribution in [0.4, 0.5) is 0 Å². The van der Waals surface area contributed by atoms with E-state index in [9.17, 15) is 70.6 Å². The van der Waals surface area contributed by atoms with Crippen LogP contribution in [0.25, 0.3) is 0 Å². The lowest BCUT2D eigenvalue weighted by atomic mass is 9.81. The Balaban J connectivity index is 1.37. The number of esters is 3. The maximum absolute atomic E-state index is 14.2. The van der Waals surface area contributed by atoms with Crippen molar-refractivity contribution in [3.63, 3.8) is 0 Å². The summed E-state index contributed by atoms with van der Waals surface area (Å²) in [6, 6.07) is 0. The second kappa shape index (κ2) is 25.8. The highest BCUT2D eigenvalue weighted by molar-refractivity contribution is 5.89. The van der Waals surface area contributed by atoms with Gasteiger partial charge in [-0.15, -0.1) is 13.2 Å². The third-order valence-corrected chi connectivity index (χ3v) is 13.9. The molecule has 25 heteroatoms. The van der Waals surface area contributed by atoms with Gasteiger partial charge in [-0.3, -0.25) is 4.79 Å². The number of hydrogen-bond acceptors (Lipinski definition) is 25. The monoisotopic (exact) mass is 1010 g/mol. The third-order valence-electron chi connectivity index (χ3n) is 13.9. The minimum atomic E-state index is -1.80. The smallest absolute Gasteiger partial charge is 0.337 e. The molecule has 0 aromatic heterocycles. The molecule has 4 heterocycles. The normalized spacial score (nSPS) is 40.0. The molecule has 1 saturated carbocycles.